The van der Waals surface area contributed by atoms with Crippen molar-refractivity contribution in [3.8, 4) is 0 Å². The Labute approximate surface area is 120 Å². The molecular formula is C16H24N2O2. The summed E-state index contributed by atoms with van der Waals surface area (Å²) in [5.41, 5.74) is 2.40. The Balaban J connectivity index is 1.94. The molecule has 1 aromatic carbocycles. The summed E-state index contributed by atoms with van der Waals surface area (Å²) >= 11 is 0. The van der Waals surface area contributed by atoms with Gasteiger partial charge < -0.3 is 15.7 Å². The molecular weight excluding hydrogens is 252 g/mol. The van der Waals surface area contributed by atoms with Crippen molar-refractivity contribution in [1.82, 2.24) is 10.6 Å². The van der Waals surface area contributed by atoms with E-state index < -0.39 is 6.10 Å². The quantitative estimate of drug-likeness (QED) is 0.784. The van der Waals surface area contributed by atoms with Crippen molar-refractivity contribution in [2.45, 2.75) is 51.3 Å². The molecule has 1 saturated heterocycles. The first-order valence-corrected chi connectivity index (χ1v) is 7.29. The molecule has 1 aliphatic rings. The number of aliphatic hydroxyl groups is 1. The fraction of sp³-hybridized carbons (Fsp3) is 0.562. The maximum absolute atomic E-state index is 12.1. The van der Waals surface area contributed by atoms with Crippen molar-refractivity contribution >= 4 is 5.91 Å². The number of β-amino-alcohol motifs (C(OH)–C–C–N with tert-alkyl or cyclic N) is 1. The van der Waals surface area contributed by atoms with Gasteiger partial charge in [0.1, 0.15) is 0 Å². The Kier molecular flexibility index (Phi) is 4.78. The lowest BCUT2D eigenvalue weighted by Gasteiger charge is -2.18. The molecule has 1 aromatic rings. The molecule has 1 amide bonds. The summed E-state index contributed by atoms with van der Waals surface area (Å²) in [6.07, 6.45) is 0.0802. The Hall–Kier alpha value is -1.39. The van der Waals surface area contributed by atoms with E-state index in [1.165, 1.54) is 5.56 Å². The van der Waals surface area contributed by atoms with Gasteiger partial charge in [-0.1, -0.05) is 38.1 Å². The zero-order chi connectivity index (χ0) is 14.7. The third-order valence-corrected chi connectivity index (χ3v) is 3.89. The highest BCUT2D eigenvalue weighted by Gasteiger charge is 2.28. The summed E-state index contributed by atoms with van der Waals surface area (Å²) in [5, 5.41) is 15.5. The summed E-state index contributed by atoms with van der Waals surface area (Å²) in [7, 11) is 0. The van der Waals surface area contributed by atoms with Gasteiger partial charge in [0.05, 0.1) is 18.2 Å². The van der Waals surface area contributed by atoms with Gasteiger partial charge in [-0.3, -0.25) is 4.79 Å². The van der Waals surface area contributed by atoms with Crippen molar-refractivity contribution < 1.29 is 9.90 Å². The van der Waals surface area contributed by atoms with Crippen LogP contribution in [0.3, 0.4) is 0 Å². The van der Waals surface area contributed by atoms with Gasteiger partial charge in [-0.2, -0.15) is 0 Å². The second kappa shape index (κ2) is 6.37. The van der Waals surface area contributed by atoms with Gasteiger partial charge in [-0.15, -0.1) is 0 Å². The number of rotatable bonds is 4. The summed E-state index contributed by atoms with van der Waals surface area (Å²) in [4.78, 5) is 12.1. The van der Waals surface area contributed by atoms with E-state index in [4.69, 9.17) is 0 Å². The fourth-order valence-corrected chi connectivity index (χ4v) is 2.48. The molecule has 1 aliphatic heterocycles. The average Bonchev–Trinajstić information content (AvgIpc) is 2.85. The second-order valence-corrected chi connectivity index (χ2v) is 5.90. The largest absolute Gasteiger partial charge is 0.392 e. The molecule has 0 unspecified atom stereocenters. The van der Waals surface area contributed by atoms with E-state index >= 15 is 0 Å². The van der Waals surface area contributed by atoms with Gasteiger partial charge in [0.15, 0.2) is 0 Å². The number of aliphatic hydroxyl groups excluding tert-OH is 1. The highest BCUT2D eigenvalue weighted by Crippen LogP contribution is 2.19. The Morgan fingerprint density at radius 1 is 1.25 bits per heavy atom. The predicted octanol–water partition coefficient (Wildman–Crippen LogP) is 1.71. The van der Waals surface area contributed by atoms with E-state index in [9.17, 15) is 9.90 Å². The van der Waals surface area contributed by atoms with E-state index in [1.807, 2.05) is 6.92 Å². The third kappa shape index (κ3) is 3.58. The van der Waals surface area contributed by atoms with Crippen molar-refractivity contribution in [3.63, 3.8) is 0 Å². The zero-order valence-electron chi connectivity index (χ0n) is 12.4. The maximum Gasteiger partial charge on any atom is 0.237 e. The van der Waals surface area contributed by atoms with Crippen LogP contribution in [0.15, 0.2) is 24.3 Å². The van der Waals surface area contributed by atoms with Gasteiger partial charge in [0, 0.05) is 6.54 Å². The van der Waals surface area contributed by atoms with Crippen molar-refractivity contribution in [2.75, 3.05) is 6.54 Å². The number of amides is 1. The van der Waals surface area contributed by atoms with Crippen molar-refractivity contribution in [3.05, 3.63) is 35.4 Å². The summed E-state index contributed by atoms with van der Waals surface area (Å²) in [6, 6.07) is 8.06. The number of carbonyl (C=O) groups excluding carboxylic acids is 1. The molecule has 110 valence electrons. The Morgan fingerprint density at radius 2 is 1.85 bits per heavy atom. The van der Waals surface area contributed by atoms with Crippen LogP contribution < -0.4 is 10.6 Å². The van der Waals surface area contributed by atoms with Crippen molar-refractivity contribution in [2.24, 2.45) is 0 Å². The maximum atomic E-state index is 12.1. The van der Waals surface area contributed by atoms with Gasteiger partial charge in [-0.05, 0) is 30.4 Å². The lowest BCUT2D eigenvalue weighted by atomic mass is 9.99. The van der Waals surface area contributed by atoms with Crippen molar-refractivity contribution in [1.29, 1.82) is 0 Å². The molecule has 4 nitrogen and oxygen atoms in total. The Morgan fingerprint density at radius 3 is 2.35 bits per heavy atom. The number of nitrogens with one attached hydrogen (secondary N) is 2. The van der Waals surface area contributed by atoms with Crippen LogP contribution in [0, 0.1) is 0 Å². The van der Waals surface area contributed by atoms with Crippen LogP contribution in [-0.4, -0.2) is 29.7 Å². The average molecular weight is 276 g/mol. The first kappa shape index (κ1) is 15.0. The SMILES string of the molecule is CC(C)c1ccc([C@H](C)NC(=O)[C@@H]2C[C@@H](O)CN2)cc1. The number of hydrogen-bond acceptors (Lipinski definition) is 3. The molecule has 0 aliphatic carbocycles. The first-order chi connectivity index (χ1) is 9.47. The molecule has 0 radical (unpaired) electrons. The predicted molar refractivity (Wildman–Crippen MR) is 79.5 cm³/mol. The van der Waals surface area contributed by atoms with Crippen LogP contribution in [0.5, 0.6) is 0 Å². The topological polar surface area (TPSA) is 61.4 Å². The number of carbonyl (C=O) groups is 1. The van der Waals surface area contributed by atoms with E-state index in [0.29, 0.717) is 18.9 Å². The molecule has 3 N–H and O–H groups in total. The van der Waals surface area contributed by atoms with Gasteiger partial charge >= 0.3 is 0 Å². The van der Waals surface area contributed by atoms with Gasteiger partial charge in [0.2, 0.25) is 5.91 Å². The molecule has 1 heterocycles. The second-order valence-electron chi connectivity index (χ2n) is 5.90. The molecule has 0 spiro atoms. The minimum atomic E-state index is -0.411. The molecule has 20 heavy (non-hydrogen) atoms. The highest BCUT2D eigenvalue weighted by molar-refractivity contribution is 5.82. The van der Waals surface area contributed by atoms with E-state index in [2.05, 4.69) is 48.7 Å². The normalized spacial score (nSPS) is 23.9. The van der Waals surface area contributed by atoms with Crippen LogP contribution in [-0.2, 0) is 4.79 Å². The molecule has 1 fully saturated rings. The minimum absolute atomic E-state index is 0.0248. The van der Waals surface area contributed by atoms with E-state index in [0.717, 1.165) is 5.56 Å². The van der Waals surface area contributed by atoms with Crippen LogP contribution in [0.4, 0.5) is 0 Å². The lowest BCUT2D eigenvalue weighted by molar-refractivity contribution is -0.123. The lowest BCUT2D eigenvalue weighted by Crippen LogP contribution is -2.41. The van der Waals surface area contributed by atoms with Crippen LogP contribution >= 0.6 is 0 Å². The third-order valence-electron chi connectivity index (χ3n) is 3.89. The smallest absolute Gasteiger partial charge is 0.237 e. The molecule has 4 heteroatoms. The van der Waals surface area contributed by atoms with E-state index in [1.54, 1.807) is 0 Å². The number of benzene rings is 1. The van der Waals surface area contributed by atoms with Gasteiger partial charge in [-0.25, -0.2) is 0 Å². The summed E-state index contributed by atoms with van der Waals surface area (Å²) in [5.74, 6) is 0.472. The zero-order valence-corrected chi connectivity index (χ0v) is 12.4. The van der Waals surface area contributed by atoms with Crippen LogP contribution in [0.25, 0.3) is 0 Å². The molecule has 2 rings (SSSR count). The fourth-order valence-electron chi connectivity index (χ4n) is 2.48. The van der Waals surface area contributed by atoms with Crippen LogP contribution in [0.1, 0.15) is 50.3 Å². The molecule has 3 atom stereocenters. The van der Waals surface area contributed by atoms with E-state index in [-0.39, 0.29) is 18.0 Å². The first-order valence-electron chi connectivity index (χ1n) is 7.29. The Bertz CT molecular complexity index is 456. The molecule has 0 bridgehead atoms. The highest BCUT2D eigenvalue weighted by atomic mass is 16.3. The number of hydrogen-bond donors (Lipinski definition) is 3. The molecule has 0 aromatic heterocycles. The summed E-state index contributed by atoms with van der Waals surface area (Å²) in [6.45, 7) is 6.80. The standard InChI is InChI=1S/C16H24N2O2/c1-10(2)12-4-6-13(7-5-12)11(3)18-16(20)15-8-14(19)9-17-15/h4-7,10-11,14-15,17,19H,8-9H2,1-3H3,(H,18,20)/t11-,14+,15-/m0/s1. The van der Waals surface area contributed by atoms with Gasteiger partial charge in [0.25, 0.3) is 0 Å². The molecule has 0 saturated carbocycles. The minimum Gasteiger partial charge on any atom is -0.392 e. The van der Waals surface area contributed by atoms with Crippen LogP contribution in [0.2, 0.25) is 0 Å². The monoisotopic (exact) mass is 276 g/mol. The summed E-state index contributed by atoms with van der Waals surface area (Å²) < 4.78 is 0.